The summed E-state index contributed by atoms with van der Waals surface area (Å²) in [7, 11) is 0. The molecule has 1 N–H and O–H groups in total. The van der Waals surface area contributed by atoms with Gasteiger partial charge in [0.15, 0.2) is 5.12 Å². The molecule has 1 atom stereocenters. The highest BCUT2D eigenvalue weighted by molar-refractivity contribution is 8.13. The second-order valence-electron chi connectivity index (χ2n) is 4.54. The molecule has 1 aliphatic rings. The van der Waals surface area contributed by atoms with E-state index in [1.54, 1.807) is 23.4 Å². The van der Waals surface area contributed by atoms with Gasteiger partial charge in [0, 0.05) is 37.4 Å². The molecule has 0 aliphatic carbocycles. The number of carbonyl (C=O) groups is 2. The molecule has 5 nitrogen and oxygen atoms in total. The van der Waals surface area contributed by atoms with Crippen molar-refractivity contribution in [3.05, 3.63) is 24.0 Å². The molecule has 1 unspecified atom stereocenters. The molecule has 0 spiro atoms. The van der Waals surface area contributed by atoms with E-state index in [0.29, 0.717) is 30.0 Å². The Hall–Kier alpha value is -1.40. The van der Waals surface area contributed by atoms with E-state index in [1.165, 1.54) is 18.7 Å². The van der Waals surface area contributed by atoms with Crippen LogP contribution in [0.1, 0.15) is 18.9 Å². The molecule has 0 saturated carbocycles. The first-order valence-corrected chi connectivity index (χ1v) is 7.08. The number of hydrogen-bond acceptors (Lipinski definition) is 5. The van der Waals surface area contributed by atoms with E-state index >= 15 is 0 Å². The summed E-state index contributed by atoms with van der Waals surface area (Å²) in [6.45, 7) is 2.00. The second kappa shape index (κ2) is 6.16. The van der Waals surface area contributed by atoms with E-state index in [2.05, 4.69) is 4.98 Å². The molecule has 1 aliphatic heterocycles. The van der Waals surface area contributed by atoms with Crippen LogP contribution in [0.3, 0.4) is 0 Å². The number of amides is 1. The Bertz CT molecular complexity index is 493. The van der Waals surface area contributed by atoms with Crippen LogP contribution in [0.5, 0.6) is 0 Å². The predicted molar refractivity (Wildman–Crippen MR) is 73.8 cm³/mol. The van der Waals surface area contributed by atoms with Crippen molar-refractivity contribution in [3.63, 3.8) is 0 Å². The lowest BCUT2D eigenvalue weighted by Crippen LogP contribution is -2.26. The molecular formula is C13H16N2O3S. The standard InChI is InChI=1S/C13H16N2O3S/c1-9(17)19-8-10-4-13(18)15(6-10)12-5-14-3-2-11(12)7-16/h2-3,5,10,16H,4,6-8H2,1H3. The van der Waals surface area contributed by atoms with Crippen molar-refractivity contribution in [1.82, 2.24) is 4.98 Å². The molecule has 1 saturated heterocycles. The van der Waals surface area contributed by atoms with Gasteiger partial charge in [0.25, 0.3) is 0 Å². The van der Waals surface area contributed by atoms with Gasteiger partial charge in [-0.1, -0.05) is 11.8 Å². The SMILES string of the molecule is CC(=O)SCC1CC(=O)N(c2cnccc2CO)C1. The molecule has 2 rings (SSSR count). The van der Waals surface area contributed by atoms with E-state index in [4.69, 9.17) is 0 Å². The average Bonchev–Trinajstić information content (AvgIpc) is 2.77. The maximum Gasteiger partial charge on any atom is 0.227 e. The third-order valence-electron chi connectivity index (χ3n) is 3.08. The summed E-state index contributed by atoms with van der Waals surface area (Å²) in [5.74, 6) is 0.858. The smallest absolute Gasteiger partial charge is 0.227 e. The number of rotatable bonds is 4. The van der Waals surface area contributed by atoms with Crippen LogP contribution in [0.25, 0.3) is 0 Å². The molecule has 1 fully saturated rings. The zero-order chi connectivity index (χ0) is 13.8. The summed E-state index contributed by atoms with van der Waals surface area (Å²) in [6, 6.07) is 1.71. The minimum Gasteiger partial charge on any atom is -0.392 e. The fourth-order valence-electron chi connectivity index (χ4n) is 2.15. The number of anilines is 1. The van der Waals surface area contributed by atoms with Crippen LogP contribution < -0.4 is 4.90 Å². The highest BCUT2D eigenvalue weighted by Gasteiger charge is 2.31. The van der Waals surface area contributed by atoms with Crippen LogP contribution in [0.15, 0.2) is 18.5 Å². The zero-order valence-corrected chi connectivity index (χ0v) is 11.5. The molecule has 0 radical (unpaired) electrons. The van der Waals surface area contributed by atoms with Gasteiger partial charge < -0.3 is 10.0 Å². The Labute approximate surface area is 116 Å². The van der Waals surface area contributed by atoms with Crippen LogP contribution >= 0.6 is 11.8 Å². The number of carbonyl (C=O) groups excluding carboxylic acids is 2. The van der Waals surface area contributed by atoms with Gasteiger partial charge in [0.2, 0.25) is 5.91 Å². The number of aliphatic hydroxyl groups is 1. The molecule has 19 heavy (non-hydrogen) atoms. The second-order valence-corrected chi connectivity index (χ2v) is 5.74. The third kappa shape index (κ3) is 3.33. The first-order chi connectivity index (χ1) is 9.11. The van der Waals surface area contributed by atoms with Crippen molar-refractivity contribution >= 4 is 28.5 Å². The minimum absolute atomic E-state index is 0.0249. The number of hydrogen-bond donors (Lipinski definition) is 1. The first kappa shape index (κ1) is 14.0. The average molecular weight is 280 g/mol. The number of pyridine rings is 1. The van der Waals surface area contributed by atoms with Gasteiger partial charge in [-0.2, -0.15) is 0 Å². The van der Waals surface area contributed by atoms with Crippen molar-refractivity contribution in [3.8, 4) is 0 Å². The maximum atomic E-state index is 12.0. The van der Waals surface area contributed by atoms with Crippen molar-refractivity contribution < 1.29 is 14.7 Å². The molecular weight excluding hydrogens is 264 g/mol. The lowest BCUT2D eigenvalue weighted by Gasteiger charge is -2.19. The number of aromatic nitrogens is 1. The first-order valence-electron chi connectivity index (χ1n) is 6.09. The summed E-state index contributed by atoms with van der Waals surface area (Å²) in [6.07, 6.45) is 3.64. The van der Waals surface area contributed by atoms with Crippen molar-refractivity contribution in [2.24, 2.45) is 5.92 Å². The predicted octanol–water partition coefficient (Wildman–Crippen LogP) is 1.21. The van der Waals surface area contributed by atoms with E-state index < -0.39 is 0 Å². The Morgan fingerprint density at radius 2 is 2.42 bits per heavy atom. The molecule has 6 heteroatoms. The fourth-order valence-corrected chi connectivity index (χ4v) is 2.85. The van der Waals surface area contributed by atoms with Gasteiger partial charge in [0.05, 0.1) is 18.5 Å². The van der Waals surface area contributed by atoms with Crippen molar-refractivity contribution in [1.29, 1.82) is 0 Å². The molecule has 2 heterocycles. The topological polar surface area (TPSA) is 70.5 Å². The van der Waals surface area contributed by atoms with E-state index in [9.17, 15) is 14.7 Å². The number of thioether (sulfide) groups is 1. The quantitative estimate of drug-likeness (QED) is 0.897. The van der Waals surface area contributed by atoms with E-state index in [0.717, 1.165) is 0 Å². The van der Waals surface area contributed by atoms with Crippen LogP contribution in [0.4, 0.5) is 5.69 Å². The molecule has 1 amide bonds. The highest BCUT2D eigenvalue weighted by Crippen LogP contribution is 2.29. The van der Waals surface area contributed by atoms with Crippen molar-refractivity contribution in [2.75, 3.05) is 17.2 Å². The van der Waals surface area contributed by atoms with Gasteiger partial charge in [-0.15, -0.1) is 0 Å². The molecule has 1 aromatic rings. The Morgan fingerprint density at radius 3 is 3.11 bits per heavy atom. The highest BCUT2D eigenvalue weighted by atomic mass is 32.2. The Balaban J connectivity index is 2.09. The Kier molecular flexibility index (Phi) is 4.55. The van der Waals surface area contributed by atoms with Crippen molar-refractivity contribution in [2.45, 2.75) is 20.0 Å². The summed E-state index contributed by atoms with van der Waals surface area (Å²) >= 11 is 1.25. The largest absolute Gasteiger partial charge is 0.392 e. The van der Waals surface area contributed by atoms with Crippen LogP contribution in [0.2, 0.25) is 0 Å². The van der Waals surface area contributed by atoms with Gasteiger partial charge in [-0.25, -0.2) is 0 Å². The summed E-state index contributed by atoms with van der Waals surface area (Å²) in [5.41, 5.74) is 1.37. The maximum absolute atomic E-state index is 12.0. The normalized spacial score (nSPS) is 18.9. The lowest BCUT2D eigenvalue weighted by molar-refractivity contribution is -0.117. The minimum atomic E-state index is -0.117. The molecule has 0 aromatic carbocycles. The third-order valence-corrected chi connectivity index (χ3v) is 4.12. The monoisotopic (exact) mass is 280 g/mol. The number of aliphatic hydroxyl groups excluding tert-OH is 1. The Morgan fingerprint density at radius 1 is 1.63 bits per heavy atom. The van der Waals surface area contributed by atoms with Gasteiger partial charge in [-0.05, 0) is 12.0 Å². The summed E-state index contributed by atoms with van der Waals surface area (Å²) in [5, 5.41) is 9.37. The number of nitrogens with zero attached hydrogens (tertiary/aromatic N) is 2. The molecule has 102 valence electrons. The fraction of sp³-hybridized carbons (Fsp3) is 0.462. The lowest BCUT2D eigenvalue weighted by atomic mass is 10.1. The molecule has 1 aromatic heterocycles. The van der Waals surface area contributed by atoms with Gasteiger partial charge in [0.1, 0.15) is 0 Å². The van der Waals surface area contributed by atoms with E-state index in [1.807, 2.05) is 0 Å². The van der Waals surface area contributed by atoms with Crippen LogP contribution in [0, 0.1) is 5.92 Å². The molecule has 0 bridgehead atoms. The zero-order valence-electron chi connectivity index (χ0n) is 10.7. The van der Waals surface area contributed by atoms with E-state index in [-0.39, 0.29) is 23.5 Å². The summed E-state index contributed by atoms with van der Waals surface area (Å²) in [4.78, 5) is 28.6. The van der Waals surface area contributed by atoms with Gasteiger partial charge in [-0.3, -0.25) is 14.6 Å². The van der Waals surface area contributed by atoms with Crippen LogP contribution in [-0.2, 0) is 16.2 Å². The van der Waals surface area contributed by atoms with Gasteiger partial charge >= 0.3 is 0 Å². The summed E-state index contributed by atoms with van der Waals surface area (Å²) < 4.78 is 0. The van der Waals surface area contributed by atoms with Crippen LogP contribution in [-0.4, -0.2) is 33.4 Å².